The van der Waals surface area contributed by atoms with E-state index in [9.17, 15) is 4.79 Å². The fourth-order valence-corrected chi connectivity index (χ4v) is 2.59. The van der Waals surface area contributed by atoms with E-state index >= 15 is 0 Å². The van der Waals surface area contributed by atoms with Gasteiger partial charge in [-0.2, -0.15) is 0 Å². The van der Waals surface area contributed by atoms with E-state index in [1.165, 1.54) is 0 Å². The summed E-state index contributed by atoms with van der Waals surface area (Å²) < 4.78 is 11.1. The molecule has 0 saturated carbocycles. The highest BCUT2D eigenvalue weighted by atomic mass is 16.6. The summed E-state index contributed by atoms with van der Waals surface area (Å²) >= 11 is 0. The zero-order valence-corrected chi connectivity index (χ0v) is 14.4. The highest BCUT2D eigenvalue weighted by molar-refractivity contribution is 5.94. The number of hydrogen-bond acceptors (Lipinski definition) is 5. The predicted octanol–water partition coefficient (Wildman–Crippen LogP) is 3.52. The maximum absolute atomic E-state index is 12.2. The fourth-order valence-electron chi connectivity index (χ4n) is 2.59. The Balaban J connectivity index is 1.64. The summed E-state index contributed by atoms with van der Waals surface area (Å²) in [5, 5.41) is 6.13. The molecule has 0 bridgehead atoms. The molecule has 1 aliphatic heterocycles. The van der Waals surface area contributed by atoms with E-state index in [0.717, 1.165) is 30.7 Å². The second-order valence-corrected chi connectivity index (χ2v) is 5.88. The van der Waals surface area contributed by atoms with Crippen molar-refractivity contribution >= 4 is 17.4 Å². The standard InChI is InChI=1S/C19H23N3O3/c1-2-3-4-8-21-19(23)14-7-9-20-18(12-14)22-15-5-6-16-17(13-15)25-11-10-24-16/h5-7,9,12-13H,2-4,8,10-11H2,1H3,(H,20,22)(H,21,23). The lowest BCUT2D eigenvalue weighted by Crippen LogP contribution is -2.24. The maximum Gasteiger partial charge on any atom is 0.251 e. The van der Waals surface area contributed by atoms with Crippen molar-refractivity contribution in [3.05, 3.63) is 42.1 Å². The molecule has 0 fully saturated rings. The van der Waals surface area contributed by atoms with Gasteiger partial charge >= 0.3 is 0 Å². The first-order valence-corrected chi connectivity index (χ1v) is 8.67. The number of carbonyl (C=O) groups excluding carboxylic acids is 1. The van der Waals surface area contributed by atoms with E-state index in [1.54, 1.807) is 18.3 Å². The summed E-state index contributed by atoms with van der Waals surface area (Å²) in [5.74, 6) is 1.98. The summed E-state index contributed by atoms with van der Waals surface area (Å²) in [6, 6.07) is 9.08. The molecule has 0 radical (unpaired) electrons. The number of fused-ring (bicyclic) bond motifs is 1. The van der Waals surface area contributed by atoms with Crippen LogP contribution in [0.15, 0.2) is 36.5 Å². The van der Waals surface area contributed by atoms with Gasteiger partial charge in [0.25, 0.3) is 5.91 Å². The Hall–Kier alpha value is -2.76. The molecule has 6 nitrogen and oxygen atoms in total. The van der Waals surface area contributed by atoms with Crippen molar-refractivity contribution in [2.45, 2.75) is 26.2 Å². The Morgan fingerprint density at radius 3 is 2.80 bits per heavy atom. The van der Waals surface area contributed by atoms with E-state index in [-0.39, 0.29) is 5.91 Å². The van der Waals surface area contributed by atoms with E-state index in [4.69, 9.17) is 9.47 Å². The van der Waals surface area contributed by atoms with Gasteiger partial charge in [-0.3, -0.25) is 4.79 Å². The van der Waals surface area contributed by atoms with Crippen LogP contribution in [0.5, 0.6) is 11.5 Å². The van der Waals surface area contributed by atoms with Crippen LogP contribution in [0.3, 0.4) is 0 Å². The Kier molecular flexibility index (Phi) is 5.72. The van der Waals surface area contributed by atoms with Gasteiger partial charge in [0.1, 0.15) is 19.0 Å². The van der Waals surface area contributed by atoms with Crippen LogP contribution in [0.2, 0.25) is 0 Å². The average molecular weight is 341 g/mol. The van der Waals surface area contributed by atoms with Crippen molar-refractivity contribution in [1.29, 1.82) is 0 Å². The van der Waals surface area contributed by atoms with Crippen LogP contribution in [0.1, 0.15) is 36.5 Å². The second kappa shape index (κ2) is 8.37. The lowest BCUT2D eigenvalue weighted by molar-refractivity contribution is 0.0953. The van der Waals surface area contributed by atoms with Gasteiger partial charge in [-0.15, -0.1) is 0 Å². The molecule has 2 N–H and O–H groups in total. The second-order valence-electron chi connectivity index (χ2n) is 5.88. The van der Waals surface area contributed by atoms with Gasteiger partial charge in [0.05, 0.1) is 0 Å². The molecule has 1 aromatic heterocycles. The topological polar surface area (TPSA) is 72.5 Å². The van der Waals surface area contributed by atoms with E-state index in [1.807, 2.05) is 18.2 Å². The number of carbonyl (C=O) groups is 1. The number of aromatic nitrogens is 1. The number of nitrogens with zero attached hydrogens (tertiary/aromatic N) is 1. The van der Waals surface area contributed by atoms with Gasteiger partial charge < -0.3 is 20.1 Å². The Morgan fingerprint density at radius 1 is 1.12 bits per heavy atom. The highest BCUT2D eigenvalue weighted by Crippen LogP contribution is 2.33. The summed E-state index contributed by atoms with van der Waals surface area (Å²) in [6.45, 7) is 3.94. The quantitative estimate of drug-likeness (QED) is 0.754. The molecule has 0 spiro atoms. The van der Waals surface area contributed by atoms with Crippen molar-refractivity contribution in [2.75, 3.05) is 25.1 Å². The SMILES string of the molecule is CCCCCNC(=O)c1ccnc(Nc2ccc3c(c2)OCCO3)c1. The molecule has 0 unspecified atom stereocenters. The average Bonchev–Trinajstić information content (AvgIpc) is 2.65. The van der Waals surface area contributed by atoms with E-state index in [0.29, 0.717) is 36.9 Å². The van der Waals surface area contributed by atoms with Gasteiger partial charge in [0, 0.05) is 30.1 Å². The summed E-state index contributed by atoms with van der Waals surface area (Å²) in [4.78, 5) is 16.5. The third kappa shape index (κ3) is 4.62. The first kappa shape index (κ1) is 17.1. The molecule has 1 aliphatic rings. The minimum Gasteiger partial charge on any atom is -0.486 e. The smallest absolute Gasteiger partial charge is 0.251 e. The van der Waals surface area contributed by atoms with Crippen molar-refractivity contribution < 1.29 is 14.3 Å². The number of ether oxygens (including phenoxy) is 2. The maximum atomic E-state index is 12.2. The highest BCUT2D eigenvalue weighted by Gasteiger charge is 2.12. The first-order chi connectivity index (χ1) is 12.3. The number of unbranched alkanes of at least 4 members (excludes halogenated alkanes) is 2. The van der Waals surface area contributed by atoms with Crippen LogP contribution >= 0.6 is 0 Å². The van der Waals surface area contributed by atoms with Crippen LogP contribution in [-0.2, 0) is 0 Å². The van der Waals surface area contributed by atoms with Crippen molar-refractivity contribution in [2.24, 2.45) is 0 Å². The lowest BCUT2D eigenvalue weighted by atomic mass is 10.2. The zero-order chi connectivity index (χ0) is 17.5. The minimum absolute atomic E-state index is 0.0799. The molecule has 1 amide bonds. The predicted molar refractivity (Wildman–Crippen MR) is 96.8 cm³/mol. The molecule has 25 heavy (non-hydrogen) atoms. The number of amides is 1. The molecule has 132 valence electrons. The Labute approximate surface area is 147 Å². The number of rotatable bonds is 7. The summed E-state index contributed by atoms with van der Waals surface area (Å²) in [7, 11) is 0. The summed E-state index contributed by atoms with van der Waals surface area (Å²) in [6.07, 6.45) is 4.87. The van der Waals surface area contributed by atoms with Crippen molar-refractivity contribution in [3.63, 3.8) is 0 Å². The molecular weight excluding hydrogens is 318 g/mol. The lowest BCUT2D eigenvalue weighted by Gasteiger charge is -2.19. The zero-order valence-electron chi connectivity index (χ0n) is 14.4. The molecule has 0 atom stereocenters. The van der Waals surface area contributed by atoms with Crippen molar-refractivity contribution in [3.8, 4) is 11.5 Å². The van der Waals surface area contributed by atoms with Crippen LogP contribution < -0.4 is 20.1 Å². The number of nitrogens with one attached hydrogen (secondary N) is 2. The fraction of sp³-hybridized carbons (Fsp3) is 0.368. The Morgan fingerprint density at radius 2 is 1.96 bits per heavy atom. The van der Waals surface area contributed by atoms with Gasteiger partial charge in [0.15, 0.2) is 11.5 Å². The Bertz CT molecular complexity index is 734. The number of benzene rings is 1. The van der Waals surface area contributed by atoms with Gasteiger partial charge in [0.2, 0.25) is 0 Å². The van der Waals surface area contributed by atoms with Crippen LogP contribution in [0, 0.1) is 0 Å². The van der Waals surface area contributed by atoms with Crippen LogP contribution in [-0.4, -0.2) is 30.6 Å². The number of pyridine rings is 1. The van der Waals surface area contributed by atoms with Gasteiger partial charge in [-0.1, -0.05) is 19.8 Å². The van der Waals surface area contributed by atoms with Crippen LogP contribution in [0.4, 0.5) is 11.5 Å². The first-order valence-electron chi connectivity index (χ1n) is 8.67. The van der Waals surface area contributed by atoms with Crippen molar-refractivity contribution in [1.82, 2.24) is 10.3 Å². The third-order valence-corrected chi connectivity index (χ3v) is 3.90. The van der Waals surface area contributed by atoms with E-state index in [2.05, 4.69) is 22.5 Å². The van der Waals surface area contributed by atoms with Gasteiger partial charge in [-0.25, -0.2) is 4.98 Å². The normalized spacial score (nSPS) is 12.5. The van der Waals surface area contributed by atoms with E-state index < -0.39 is 0 Å². The molecule has 2 heterocycles. The number of hydrogen-bond donors (Lipinski definition) is 2. The minimum atomic E-state index is -0.0799. The molecule has 6 heteroatoms. The molecule has 0 aliphatic carbocycles. The monoisotopic (exact) mass is 341 g/mol. The largest absolute Gasteiger partial charge is 0.486 e. The van der Waals surface area contributed by atoms with Gasteiger partial charge in [-0.05, 0) is 30.7 Å². The third-order valence-electron chi connectivity index (χ3n) is 3.90. The summed E-state index contributed by atoms with van der Waals surface area (Å²) in [5.41, 5.74) is 1.42. The molecular formula is C19H23N3O3. The molecule has 2 aromatic rings. The molecule has 0 saturated heterocycles. The molecule has 1 aromatic carbocycles. The van der Waals surface area contributed by atoms with Crippen LogP contribution in [0.25, 0.3) is 0 Å². The number of anilines is 2. The molecule has 3 rings (SSSR count).